The van der Waals surface area contributed by atoms with Gasteiger partial charge in [-0.25, -0.2) is 0 Å². The molecule has 0 aliphatic carbocycles. The average Bonchev–Trinajstić information content (AvgIpc) is 2.45. The first kappa shape index (κ1) is 15.8. The van der Waals surface area contributed by atoms with E-state index in [-0.39, 0.29) is 10.7 Å². The van der Waals surface area contributed by atoms with Crippen molar-refractivity contribution in [3.8, 4) is 0 Å². The molecule has 1 saturated heterocycles. The van der Waals surface area contributed by atoms with Crippen LogP contribution in [0.2, 0.25) is 0 Å². The van der Waals surface area contributed by atoms with Crippen LogP contribution < -0.4 is 5.32 Å². The molecule has 0 atom stereocenters. The van der Waals surface area contributed by atoms with E-state index in [0.29, 0.717) is 19.8 Å². The molecule has 1 aliphatic heterocycles. The Bertz CT molecular complexity index is 243. The summed E-state index contributed by atoms with van der Waals surface area (Å²) in [4.78, 5) is 13.8. The minimum Gasteiger partial charge on any atom is -0.378 e. The predicted octanol–water partition coefficient (Wildman–Crippen LogP) is 1.36. The maximum absolute atomic E-state index is 12.0. The van der Waals surface area contributed by atoms with Crippen LogP contribution in [0.3, 0.4) is 0 Å². The third kappa shape index (κ3) is 4.44. The molecule has 1 heterocycles. The largest absolute Gasteiger partial charge is 0.378 e. The average molecular weight is 274 g/mol. The zero-order chi connectivity index (χ0) is 13.4. The van der Waals surface area contributed by atoms with Gasteiger partial charge in [0.2, 0.25) is 5.91 Å². The van der Waals surface area contributed by atoms with Gasteiger partial charge in [0.15, 0.2) is 0 Å². The first-order valence-electron chi connectivity index (χ1n) is 6.79. The van der Waals surface area contributed by atoms with Crippen molar-refractivity contribution < 1.29 is 9.53 Å². The second-order valence-electron chi connectivity index (χ2n) is 4.69. The summed E-state index contributed by atoms with van der Waals surface area (Å²) in [6, 6.07) is 0. The normalized spacial score (nSPS) is 16.9. The molecule has 5 heteroatoms. The second kappa shape index (κ2) is 8.02. The van der Waals surface area contributed by atoms with Crippen LogP contribution in [0, 0.1) is 0 Å². The van der Waals surface area contributed by atoms with E-state index >= 15 is 0 Å². The molecular formula is C13H26N2O2S. The van der Waals surface area contributed by atoms with Crippen LogP contribution in [-0.4, -0.2) is 61.2 Å². The highest BCUT2D eigenvalue weighted by Gasteiger charge is 2.25. The maximum atomic E-state index is 12.0. The molecule has 0 unspecified atom stereocenters. The Morgan fingerprint density at radius 2 is 1.94 bits per heavy atom. The lowest BCUT2D eigenvalue weighted by molar-refractivity contribution is -0.134. The quantitative estimate of drug-likeness (QED) is 0.761. The fraction of sp³-hybridized carbons (Fsp3) is 0.923. The van der Waals surface area contributed by atoms with Crippen molar-refractivity contribution in [3.63, 3.8) is 0 Å². The number of carbonyl (C=O) groups is 1. The molecule has 0 bridgehead atoms. The number of morpholine rings is 1. The van der Waals surface area contributed by atoms with Crippen molar-refractivity contribution in [2.75, 3.05) is 45.6 Å². The molecule has 1 amide bonds. The topological polar surface area (TPSA) is 41.6 Å². The van der Waals surface area contributed by atoms with Gasteiger partial charge in [-0.05, 0) is 19.1 Å². The van der Waals surface area contributed by atoms with Crippen LogP contribution in [0.15, 0.2) is 0 Å². The van der Waals surface area contributed by atoms with Crippen molar-refractivity contribution in [2.45, 2.75) is 31.4 Å². The minimum atomic E-state index is 0.195. The van der Waals surface area contributed by atoms with Gasteiger partial charge in [-0.3, -0.25) is 4.79 Å². The Hall–Kier alpha value is -0.260. The molecule has 0 aromatic heterocycles. The lowest BCUT2D eigenvalue weighted by Crippen LogP contribution is -2.47. The predicted molar refractivity (Wildman–Crippen MR) is 77.1 cm³/mol. The molecule has 1 aliphatic rings. The number of rotatable bonds is 7. The lowest BCUT2D eigenvalue weighted by atomic mass is 10.0. The number of thioether (sulfide) groups is 1. The number of nitrogens with one attached hydrogen (secondary N) is 1. The van der Waals surface area contributed by atoms with Crippen LogP contribution >= 0.6 is 11.8 Å². The van der Waals surface area contributed by atoms with Gasteiger partial charge in [-0.15, -0.1) is 0 Å². The molecule has 1 fully saturated rings. The Labute approximate surface area is 115 Å². The molecule has 4 nitrogen and oxygen atoms in total. The zero-order valence-corrected chi connectivity index (χ0v) is 12.6. The number of nitrogens with zero attached hydrogens (tertiary/aromatic N) is 1. The standard InChI is InChI=1S/C13H26N2O2S/c1-4-13(5-2,18-3)11-14-10-12(16)15-6-8-17-9-7-15/h14H,4-11H2,1-3H3. The van der Waals surface area contributed by atoms with Gasteiger partial charge < -0.3 is 15.0 Å². The van der Waals surface area contributed by atoms with E-state index in [1.165, 1.54) is 0 Å². The van der Waals surface area contributed by atoms with E-state index in [2.05, 4.69) is 25.4 Å². The fourth-order valence-electron chi connectivity index (χ4n) is 2.18. The Kier molecular flexibility index (Phi) is 7.04. The molecular weight excluding hydrogens is 248 g/mol. The van der Waals surface area contributed by atoms with E-state index in [0.717, 1.165) is 32.5 Å². The van der Waals surface area contributed by atoms with Crippen LogP contribution in [0.5, 0.6) is 0 Å². The fourth-order valence-corrected chi connectivity index (χ4v) is 3.01. The highest BCUT2D eigenvalue weighted by atomic mass is 32.2. The van der Waals surface area contributed by atoms with Gasteiger partial charge in [0, 0.05) is 24.4 Å². The molecule has 0 aromatic carbocycles. The van der Waals surface area contributed by atoms with Crippen LogP contribution in [0.1, 0.15) is 26.7 Å². The van der Waals surface area contributed by atoms with Crippen molar-refractivity contribution >= 4 is 17.7 Å². The number of ether oxygens (including phenoxy) is 1. The van der Waals surface area contributed by atoms with Gasteiger partial charge in [0.1, 0.15) is 0 Å². The van der Waals surface area contributed by atoms with Crippen molar-refractivity contribution in [1.29, 1.82) is 0 Å². The molecule has 18 heavy (non-hydrogen) atoms. The van der Waals surface area contributed by atoms with Crippen molar-refractivity contribution in [2.24, 2.45) is 0 Å². The maximum Gasteiger partial charge on any atom is 0.236 e. The molecule has 0 radical (unpaired) electrons. The summed E-state index contributed by atoms with van der Waals surface area (Å²) in [5.74, 6) is 0.195. The lowest BCUT2D eigenvalue weighted by Gasteiger charge is -2.31. The van der Waals surface area contributed by atoms with Gasteiger partial charge in [-0.1, -0.05) is 13.8 Å². The van der Waals surface area contributed by atoms with E-state index < -0.39 is 0 Å². The summed E-state index contributed by atoms with van der Waals surface area (Å²) < 4.78 is 5.51. The van der Waals surface area contributed by atoms with Crippen LogP contribution in [0.4, 0.5) is 0 Å². The molecule has 1 rings (SSSR count). The van der Waals surface area contributed by atoms with Crippen LogP contribution in [-0.2, 0) is 9.53 Å². The SMILES string of the molecule is CCC(CC)(CNCC(=O)N1CCOCC1)SC. The first-order valence-corrected chi connectivity index (χ1v) is 8.01. The highest BCUT2D eigenvalue weighted by Crippen LogP contribution is 2.29. The Balaban J connectivity index is 2.29. The molecule has 0 spiro atoms. The summed E-state index contributed by atoms with van der Waals surface area (Å²) >= 11 is 1.90. The smallest absolute Gasteiger partial charge is 0.236 e. The summed E-state index contributed by atoms with van der Waals surface area (Å²) in [6.07, 6.45) is 4.41. The Morgan fingerprint density at radius 3 is 2.44 bits per heavy atom. The third-order valence-electron chi connectivity index (χ3n) is 3.81. The van der Waals surface area contributed by atoms with Crippen molar-refractivity contribution in [3.05, 3.63) is 0 Å². The summed E-state index contributed by atoms with van der Waals surface area (Å²) in [5, 5.41) is 3.32. The van der Waals surface area contributed by atoms with Crippen LogP contribution in [0.25, 0.3) is 0 Å². The van der Waals surface area contributed by atoms with Gasteiger partial charge in [0.25, 0.3) is 0 Å². The third-order valence-corrected chi connectivity index (χ3v) is 5.40. The van der Waals surface area contributed by atoms with E-state index in [4.69, 9.17) is 4.74 Å². The molecule has 0 aromatic rings. The minimum absolute atomic E-state index is 0.195. The summed E-state index contributed by atoms with van der Waals surface area (Å²) in [7, 11) is 0. The molecule has 1 N–H and O–H groups in total. The molecule has 0 saturated carbocycles. The highest BCUT2D eigenvalue weighted by molar-refractivity contribution is 8.00. The number of hydrogen-bond acceptors (Lipinski definition) is 4. The monoisotopic (exact) mass is 274 g/mol. The number of hydrogen-bond donors (Lipinski definition) is 1. The summed E-state index contributed by atoms with van der Waals surface area (Å²) in [5.41, 5.74) is 0. The zero-order valence-electron chi connectivity index (χ0n) is 11.8. The van der Waals surface area contributed by atoms with E-state index in [1.807, 2.05) is 16.7 Å². The van der Waals surface area contributed by atoms with Gasteiger partial charge in [0.05, 0.1) is 19.8 Å². The van der Waals surface area contributed by atoms with Gasteiger partial charge >= 0.3 is 0 Å². The first-order chi connectivity index (χ1) is 8.67. The number of amides is 1. The molecule has 106 valence electrons. The Morgan fingerprint density at radius 1 is 1.33 bits per heavy atom. The van der Waals surface area contributed by atoms with E-state index in [1.54, 1.807) is 0 Å². The van der Waals surface area contributed by atoms with E-state index in [9.17, 15) is 4.79 Å². The van der Waals surface area contributed by atoms with Crippen molar-refractivity contribution in [1.82, 2.24) is 10.2 Å². The van der Waals surface area contributed by atoms with Gasteiger partial charge in [-0.2, -0.15) is 11.8 Å². The second-order valence-corrected chi connectivity index (χ2v) is 5.97. The number of carbonyl (C=O) groups excluding carboxylic acids is 1. The summed E-state index contributed by atoms with van der Waals surface area (Å²) in [6.45, 7) is 8.58.